The minimum Gasteiger partial charge on any atom is -0.444 e. The summed E-state index contributed by atoms with van der Waals surface area (Å²) in [5.74, 6) is 2.41. The average molecular weight is 416 g/mol. The van der Waals surface area contributed by atoms with Gasteiger partial charge in [-0.1, -0.05) is 6.92 Å². The van der Waals surface area contributed by atoms with Crippen molar-refractivity contribution >= 4 is 45.2 Å². The van der Waals surface area contributed by atoms with E-state index in [1.807, 2.05) is 13.8 Å². The van der Waals surface area contributed by atoms with Crippen LogP contribution in [0.15, 0.2) is 28.8 Å². The molecule has 0 bridgehead atoms. The molecule has 0 saturated heterocycles. The number of fused-ring (bicyclic) bond motifs is 1. The highest BCUT2D eigenvalue weighted by atomic mass is 127. The lowest BCUT2D eigenvalue weighted by atomic mass is 10.3. The van der Waals surface area contributed by atoms with Crippen molar-refractivity contribution in [2.75, 3.05) is 0 Å². The minimum atomic E-state index is -0.171. The fourth-order valence-electron chi connectivity index (χ4n) is 2.31. The Morgan fingerprint density at radius 1 is 1.43 bits per heavy atom. The molecule has 2 heterocycles. The molecule has 3 rings (SSSR count). The van der Waals surface area contributed by atoms with E-state index < -0.39 is 0 Å². The van der Waals surface area contributed by atoms with Gasteiger partial charge in [0.25, 0.3) is 0 Å². The zero-order chi connectivity index (χ0) is 15.0. The Bertz CT molecular complexity index is 778. The highest BCUT2D eigenvalue weighted by Gasteiger charge is 2.17. The van der Waals surface area contributed by atoms with Gasteiger partial charge in [-0.15, -0.1) is 11.6 Å². The summed E-state index contributed by atoms with van der Waals surface area (Å²) < 4.78 is 8.94. The zero-order valence-corrected chi connectivity index (χ0v) is 14.7. The van der Waals surface area contributed by atoms with Crippen LogP contribution in [0, 0.1) is 3.57 Å². The van der Waals surface area contributed by atoms with Crippen molar-refractivity contribution in [1.29, 1.82) is 0 Å². The SMILES string of the molecule is CCc1cnc(Cn2c(C(C)Cl)nc3cc(I)ccc32)o1. The summed E-state index contributed by atoms with van der Waals surface area (Å²) >= 11 is 8.57. The standard InChI is InChI=1S/C15H15ClIN3O/c1-3-11-7-18-14(21-11)8-20-13-5-4-10(17)6-12(13)19-15(20)9(2)16/h4-7,9H,3,8H2,1-2H3. The molecule has 110 valence electrons. The highest BCUT2D eigenvalue weighted by Crippen LogP contribution is 2.26. The molecule has 0 fully saturated rings. The largest absolute Gasteiger partial charge is 0.444 e. The van der Waals surface area contributed by atoms with Gasteiger partial charge in [-0.25, -0.2) is 9.97 Å². The van der Waals surface area contributed by atoms with Gasteiger partial charge in [-0.3, -0.25) is 0 Å². The first-order valence-corrected chi connectivity index (χ1v) is 8.33. The van der Waals surface area contributed by atoms with E-state index in [4.69, 9.17) is 16.0 Å². The Hall–Kier alpha value is -1.08. The van der Waals surface area contributed by atoms with E-state index in [1.54, 1.807) is 6.20 Å². The molecule has 0 radical (unpaired) electrons. The Morgan fingerprint density at radius 2 is 2.24 bits per heavy atom. The number of oxazole rings is 1. The van der Waals surface area contributed by atoms with Gasteiger partial charge in [0.15, 0.2) is 0 Å². The third kappa shape index (κ3) is 2.94. The smallest absolute Gasteiger partial charge is 0.214 e. The summed E-state index contributed by atoms with van der Waals surface area (Å²) in [6.45, 7) is 4.52. The van der Waals surface area contributed by atoms with Crippen LogP contribution in [0.5, 0.6) is 0 Å². The number of halogens is 2. The van der Waals surface area contributed by atoms with Gasteiger partial charge in [0.1, 0.15) is 18.1 Å². The van der Waals surface area contributed by atoms with Crippen LogP contribution in [-0.2, 0) is 13.0 Å². The van der Waals surface area contributed by atoms with Crippen LogP contribution in [0.3, 0.4) is 0 Å². The van der Waals surface area contributed by atoms with Gasteiger partial charge in [-0.2, -0.15) is 0 Å². The van der Waals surface area contributed by atoms with Crippen LogP contribution >= 0.6 is 34.2 Å². The molecule has 6 heteroatoms. The van der Waals surface area contributed by atoms with Crippen LogP contribution in [0.4, 0.5) is 0 Å². The van der Waals surface area contributed by atoms with Gasteiger partial charge in [0, 0.05) is 9.99 Å². The number of hydrogen-bond donors (Lipinski definition) is 0. The van der Waals surface area contributed by atoms with Crippen LogP contribution < -0.4 is 0 Å². The molecule has 0 aliphatic heterocycles. The fraction of sp³-hybridized carbons (Fsp3) is 0.333. The number of aromatic nitrogens is 3. The van der Waals surface area contributed by atoms with Crippen molar-refractivity contribution in [2.24, 2.45) is 0 Å². The molecule has 4 nitrogen and oxygen atoms in total. The quantitative estimate of drug-likeness (QED) is 0.464. The minimum absolute atomic E-state index is 0.171. The molecule has 1 atom stereocenters. The normalized spacial score (nSPS) is 13.0. The van der Waals surface area contributed by atoms with E-state index in [-0.39, 0.29) is 5.38 Å². The Balaban J connectivity index is 2.08. The molecule has 0 aliphatic rings. The summed E-state index contributed by atoms with van der Waals surface area (Å²) in [4.78, 5) is 8.98. The summed E-state index contributed by atoms with van der Waals surface area (Å²) in [5.41, 5.74) is 2.00. The second kappa shape index (κ2) is 5.96. The van der Waals surface area contributed by atoms with Gasteiger partial charge in [0.05, 0.1) is 22.6 Å². The van der Waals surface area contributed by atoms with Crippen molar-refractivity contribution < 1.29 is 4.42 Å². The van der Waals surface area contributed by atoms with Gasteiger partial charge < -0.3 is 8.98 Å². The van der Waals surface area contributed by atoms with Crippen molar-refractivity contribution in [2.45, 2.75) is 32.2 Å². The first-order valence-electron chi connectivity index (χ1n) is 6.81. The van der Waals surface area contributed by atoms with Crippen LogP contribution in [0.2, 0.25) is 0 Å². The van der Waals surface area contributed by atoms with E-state index in [0.717, 1.165) is 32.6 Å². The summed E-state index contributed by atoms with van der Waals surface area (Å²) in [7, 11) is 0. The predicted molar refractivity (Wildman–Crippen MR) is 91.7 cm³/mol. The maximum Gasteiger partial charge on any atom is 0.214 e. The lowest BCUT2D eigenvalue weighted by Gasteiger charge is -2.08. The molecule has 2 aromatic heterocycles. The topological polar surface area (TPSA) is 43.9 Å². The Kier molecular flexibility index (Phi) is 4.21. The fourth-order valence-corrected chi connectivity index (χ4v) is 2.95. The third-order valence-electron chi connectivity index (χ3n) is 3.34. The lowest BCUT2D eigenvalue weighted by Crippen LogP contribution is -2.06. The maximum absolute atomic E-state index is 6.28. The van der Waals surface area contributed by atoms with E-state index >= 15 is 0 Å². The number of aryl methyl sites for hydroxylation is 1. The van der Waals surface area contributed by atoms with Crippen molar-refractivity contribution in [1.82, 2.24) is 14.5 Å². The molecule has 0 N–H and O–H groups in total. The third-order valence-corrected chi connectivity index (χ3v) is 4.21. The Morgan fingerprint density at radius 3 is 2.90 bits per heavy atom. The molecule has 0 spiro atoms. The summed E-state index contributed by atoms with van der Waals surface area (Å²) in [6, 6.07) is 6.19. The molecule has 1 unspecified atom stereocenters. The van der Waals surface area contributed by atoms with E-state index in [0.29, 0.717) is 12.4 Å². The van der Waals surface area contributed by atoms with E-state index in [2.05, 4.69) is 55.3 Å². The molecular formula is C15H15ClIN3O. The van der Waals surface area contributed by atoms with Crippen molar-refractivity contribution in [3.63, 3.8) is 0 Å². The second-order valence-corrected chi connectivity index (χ2v) is 6.78. The van der Waals surface area contributed by atoms with E-state index in [1.165, 1.54) is 0 Å². The number of rotatable bonds is 4. The number of hydrogen-bond acceptors (Lipinski definition) is 3. The van der Waals surface area contributed by atoms with Gasteiger partial charge in [-0.05, 0) is 47.7 Å². The van der Waals surface area contributed by atoms with Gasteiger partial charge >= 0.3 is 0 Å². The molecule has 0 aliphatic carbocycles. The first-order chi connectivity index (χ1) is 10.1. The Labute approximate surface area is 141 Å². The second-order valence-electron chi connectivity index (χ2n) is 4.88. The van der Waals surface area contributed by atoms with Crippen LogP contribution in [0.1, 0.15) is 36.7 Å². The molecule has 0 saturated carbocycles. The summed E-state index contributed by atoms with van der Waals surface area (Å²) in [6.07, 6.45) is 2.62. The van der Waals surface area contributed by atoms with Crippen molar-refractivity contribution in [3.8, 4) is 0 Å². The molecular weight excluding hydrogens is 401 g/mol. The molecule has 1 aromatic carbocycles. The lowest BCUT2D eigenvalue weighted by molar-refractivity contribution is 0.445. The average Bonchev–Trinajstić information content (AvgIpc) is 3.04. The number of alkyl halides is 1. The predicted octanol–water partition coefficient (Wildman–Crippen LogP) is 4.54. The molecule has 0 amide bonds. The number of nitrogens with zero attached hydrogens (tertiary/aromatic N) is 3. The number of imidazole rings is 1. The molecule has 3 aromatic rings. The summed E-state index contributed by atoms with van der Waals surface area (Å²) in [5, 5.41) is -0.171. The number of benzene rings is 1. The monoisotopic (exact) mass is 415 g/mol. The van der Waals surface area contributed by atoms with Crippen molar-refractivity contribution in [3.05, 3.63) is 45.4 Å². The zero-order valence-electron chi connectivity index (χ0n) is 11.8. The maximum atomic E-state index is 6.28. The van der Waals surface area contributed by atoms with Crippen LogP contribution in [-0.4, -0.2) is 14.5 Å². The van der Waals surface area contributed by atoms with Crippen LogP contribution in [0.25, 0.3) is 11.0 Å². The first kappa shape index (κ1) is 14.8. The van der Waals surface area contributed by atoms with E-state index in [9.17, 15) is 0 Å². The highest BCUT2D eigenvalue weighted by molar-refractivity contribution is 14.1. The molecule has 21 heavy (non-hydrogen) atoms. The van der Waals surface area contributed by atoms with Gasteiger partial charge in [0.2, 0.25) is 5.89 Å².